The van der Waals surface area contributed by atoms with Gasteiger partial charge in [0.05, 0.1) is 23.6 Å². The van der Waals surface area contributed by atoms with Gasteiger partial charge in [-0.25, -0.2) is 4.79 Å². The minimum absolute atomic E-state index is 0.120. The molecule has 1 aromatic heterocycles. The summed E-state index contributed by atoms with van der Waals surface area (Å²) in [4.78, 5) is 29.9. The fourth-order valence-electron chi connectivity index (χ4n) is 3.30. The van der Waals surface area contributed by atoms with Crippen molar-refractivity contribution in [3.05, 3.63) is 38.9 Å². The van der Waals surface area contributed by atoms with Crippen LogP contribution in [0.2, 0.25) is 0 Å². The van der Waals surface area contributed by atoms with E-state index < -0.39 is 5.97 Å². The van der Waals surface area contributed by atoms with E-state index in [4.69, 9.17) is 17.0 Å². The number of esters is 1. The van der Waals surface area contributed by atoms with Gasteiger partial charge in [0.25, 0.3) is 5.56 Å². The van der Waals surface area contributed by atoms with Gasteiger partial charge in [-0.1, -0.05) is 12.8 Å². The van der Waals surface area contributed by atoms with Crippen LogP contribution in [0.5, 0.6) is 0 Å². The highest BCUT2D eigenvalue weighted by atomic mass is 32.1. The van der Waals surface area contributed by atoms with Gasteiger partial charge in [0.1, 0.15) is 0 Å². The second-order valence-electron chi connectivity index (χ2n) is 6.39. The van der Waals surface area contributed by atoms with Crippen molar-refractivity contribution in [3.8, 4) is 0 Å². The highest BCUT2D eigenvalue weighted by Gasteiger charge is 2.12. The van der Waals surface area contributed by atoms with E-state index in [1.54, 1.807) is 22.8 Å². The molecule has 1 aliphatic rings. The van der Waals surface area contributed by atoms with Crippen LogP contribution < -0.4 is 5.56 Å². The van der Waals surface area contributed by atoms with Gasteiger partial charge in [0.15, 0.2) is 4.77 Å². The molecule has 1 N–H and O–H groups in total. The lowest BCUT2D eigenvalue weighted by molar-refractivity contribution is 0.0601. The molecule has 0 radical (unpaired) electrons. The summed E-state index contributed by atoms with van der Waals surface area (Å²) in [5.41, 5.74) is 0.830. The van der Waals surface area contributed by atoms with Gasteiger partial charge in [0.2, 0.25) is 0 Å². The van der Waals surface area contributed by atoms with Gasteiger partial charge < -0.3 is 14.6 Å². The van der Waals surface area contributed by atoms with Gasteiger partial charge in [0, 0.05) is 13.1 Å². The number of aromatic amines is 1. The zero-order valence-electron chi connectivity index (χ0n) is 14.4. The lowest BCUT2D eigenvalue weighted by atomic mass is 10.1. The Hall–Kier alpha value is -1.99. The number of hydrogen-bond acceptors (Lipinski definition) is 5. The number of H-pyrrole nitrogens is 1. The average Bonchev–Trinajstić information content (AvgIpc) is 2.89. The standard InChI is InChI=1S/C18H23N3O3S/c1-24-17(23)13-6-7-14-15(12-13)19-18(25)21(16(14)22)11-10-20-8-4-2-3-5-9-20/h6-7,12H,2-5,8-11H2,1H3,(H,19,25). The van der Waals surface area contributed by atoms with Crippen LogP contribution in [-0.4, -0.2) is 47.2 Å². The smallest absolute Gasteiger partial charge is 0.337 e. The summed E-state index contributed by atoms with van der Waals surface area (Å²) in [5, 5.41) is 0.525. The number of methoxy groups -OCH3 is 1. The van der Waals surface area contributed by atoms with E-state index >= 15 is 0 Å². The number of nitrogens with one attached hydrogen (secondary N) is 1. The van der Waals surface area contributed by atoms with Gasteiger partial charge in [-0.3, -0.25) is 9.36 Å². The summed E-state index contributed by atoms with van der Waals surface area (Å²) in [6, 6.07) is 4.86. The molecule has 1 aromatic carbocycles. The summed E-state index contributed by atoms with van der Waals surface area (Å²) >= 11 is 5.37. The van der Waals surface area contributed by atoms with E-state index in [-0.39, 0.29) is 5.56 Å². The normalized spacial score (nSPS) is 15.9. The van der Waals surface area contributed by atoms with E-state index in [9.17, 15) is 9.59 Å². The second kappa shape index (κ2) is 7.93. The minimum atomic E-state index is -0.438. The summed E-state index contributed by atoms with van der Waals surface area (Å²) in [6.45, 7) is 3.56. The van der Waals surface area contributed by atoms with Crippen LogP contribution in [0, 0.1) is 4.77 Å². The second-order valence-corrected chi connectivity index (χ2v) is 6.78. The molecule has 0 aliphatic carbocycles. The quantitative estimate of drug-likeness (QED) is 0.670. The van der Waals surface area contributed by atoms with Crippen LogP contribution >= 0.6 is 12.2 Å². The largest absolute Gasteiger partial charge is 0.465 e. The van der Waals surface area contributed by atoms with Crippen molar-refractivity contribution in [1.29, 1.82) is 0 Å². The molecule has 3 rings (SSSR count). The summed E-state index contributed by atoms with van der Waals surface area (Å²) in [5.74, 6) is -0.438. The van der Waals surface area contributed by atoms with Crippen molar-refractivity contribution in [1.82, 2.24) is 14.5 Å². The molecule has 1 saturated heterocycles. The first-order chi connectivity index (χ1) is 12.1. The molecule has 6 nitrogen and oxygen atoms in total. The van der Waals surface area contributed by atoms with Crippen molar-refractivity contribution in [2.45, 2.75) is 32.2 Å². The van der Waals surface area contributed by atoms with Crippen molar-refractivity contribution < 1.29 is 9.53 Å². The number of carbonyl (C=O) groups is 1. The first-order valence-corrected chi connectivity index (χ1v) is 9.08. The SMILES string of the molecule is COC(=O)c1ccc2c(=O)n(CCN3CCCCCC3)c(=S)[nH]c2c1. The molecule has 134 valence electrons. The Morgan fingerprint density at radius 2 is 1.92 bits per heavy atom. The van der Waals surface area contributed by atoms with Crippen LogP contribution in [0.25, 0.3) is 10.9 Å². The topological polar surface area (TPSA) is 67.3 Å². The maximum Gasteiger partial charge on any atom is 0.337 e. The molecule has 0 bridgehead atoms. The molecule has 0 spiro atoms. The van der Waals surface area contributed by atoms with Gasteiger partial charge in [-0.2, -0.15) is 0 Å². The highest BCUT2D eigenvalue weighted by Crippen LogP contribution is 2.12. The molecule has 2 heterocycles. The van der Waals surface area contributed by atoms with Crippen molar-refractivity contribution in [2.75, 3.05) is 26.7 Å². The van der Waals surface area contributed by atoms with E-state index in [0.29, 0.717) is 27.8 Å². The van der Waals surface area contributed by atoms with Gasteiger partial charge in [-0.15, -0.1) is 0 Å². The van der Waals surface area contributed by atoms with Crippen molar-refractivity contribution >= 4 is 29.1 Å². The number of ether oxygens (including phenoxy) is 1. The number of nitrogens with zero attached hydrogens (tertiary/aromatic N) is 2. The third kappa shape index (κ3) is 3.99. The lowest BCUT2D eigenvalue weighted by Crippen LogP contribution is -2.32. The molecule has 0 unspecified atom stereocenters. The molecule has 1 aliphatic heterocycles. The van der Waals surface area contributed by atoms with E-state index in [1.807, 2.05) is 0 Å². The van der Waals surface area contributed by atoms with E-state index in [2.05, 4.69) is 9.88 Å². The van der Waals surface area contributed by atoms with Crippen molar-refractivity contribution in [2.24, 2.45) is 0 Å². The number of hydrogen-bond donors (Lipinski definition) is 1. The zero-order chi connectivity index (χ0) is 17.8. The number of rotatable bonds is 4. The van der Waals surface area contributed by atoms with Gasteiger partial charge in [-0.05, 0) is 56.3 Å². The Labute approximate surface area is 151 Å². The molecule has 0 amide bonds. The third-order valence-electron chi connectivity index (χ3n) is 4.74. The summed E-state index contributed by atoms with van der Waals surface area (Å²) < 4.78 is 6.71. The lowest BCUT2D eigenvalue weighted by Gasteiger charge is -2.20. The Bertz CT molecular complexity index is 879. The zero-order valence-corrected chi connectivity index (χ0v) is 15.2. The van der Waals surface area contributed by atoms with Crippen molar-refractivity contribution in [3.63, 3.8) is 0 Å². The summed E-state index contributed by atoms with van der Waals surface area (Å²) in [7, 11) is 1.33. The van der Waals surface area contributed by atoms with Crippen LogP contribution in [0.15, 0.2) is 23.0 Å². The number of likely N-dealkylation sites (tertiary alicyclic amines) is 1. The molecule has 0 saturated carbocycles. The molecule has 2 aromatic rings. The van der Waals surface area contributed by atoms with E-state index in [0.717, 1.165) is 19.6 Å². The molecule has 0 atom stereocenters. The Morgan fingerprint density at radius 1 is 1.20 bits per heavy atom. The highest BCUT2D eigenvalue weighted by molar-refractivity contribution is 7.71. The number of benzene rings is 1. The fourth-order valence-corrected chi connectivity index (χ4v) is 3.59. The average molecular weight is 361 g/mol. The Morgan fingerprint density at radius 3 is 2.60 bits per heavy atom. The molecular weight excluding hydrogens is 338 g/mol. The predicted octanol–water partition coefficient (Wildman–Crippen LogP) is 2.72. The van der Waals surface area contributed by atoms with Crippen LogP contribution in [0.3, 0.4) is 0 Å². The van der Waals surface area contributed by atoms with E-state index in [1.165, 1.54) is 32.8 Å². The monoisotopic (exact) mass is 361 g/mol. The first kappa shape index (κ1) is 17.8. The number of carbonyl (C=O) groups excluding carboxylic acids is 1. The van der Waals surface area contributed by atoms with Gasteiger partial charge >= 0.3 is 5.97 Å². The molecule has 1 fully saturated rings. The fraction of sp³-hybridized carbons (Fsp3) is 0.500. The molecule has 25 heavy (non-hydrogen) atoms. The molecular formula is C18H23N3O3S. The van der Waals surface area contributed by atoms with Crippen LogP contribution in [0.4, 0.5) is 0 Å². The predicted molar refractivity (Wildman–Crippen MR) is 99.6 cm³/mol. The Kier molecular flexibility index (Phi) is 5.65. The minimum Gasteiger partial charge on any atom is -0.465 e. The third-order valence-corrected chi connectivity index (χ3v) is 5.06. The van der Waals surface area contributed by atoms with Crippen LogP contribution in [0.1, 0.15) is 36.0 Å². The maximum absolute atomic E-state index is 12.8. The molecule has 7 heteroatoms. The first-order valence-electron chi connectivity index (χ1n) is 8.67. The van der Waals surface area contributed by atoms with Crippen LogP contribution in [-0.2, 0) is 11.3 Å². The maximum atomic E-state index is 12.8. The number of aromatic nitrogens is 2. The Balaban J connectivity index is 1.87. The number of fused-ring (bicyclic) bond motifs is 1. The summed E-state index contributed by atoms with van der Waals surface area (Å²) in [6.07, 6.45) is 5.01.